The quantitative estimate of drug-likeness (QED) is 0.683. The molecule has 0 amide bonds. The summed E-state index contributed by atoms with van der Waals surface area (Å²) in [5.74, 6) is 0.940. The molecular weight excluding hydrogens is 188 g/mol. The van der Waals surface area contributed by atoms with Gasteiger partial charge in [-0.2, -0.15) is 5.10 Å². The van der Waals surface area contributed by atoms with Crippen molar-refractivity contribution in [3.63, 3.8) is 0 Å². The first-order valence-corrected chi connectivity index (χ1v) is 5.25. The van der Waals surface area contributed by atoms with Crippen molar-refractivity contribution in [1.82, 2.24) is 15.5 Å². The second-order valence-corrected chi connectivity index (χ2v) is 3.88. The van der Waals surface area contributed by atoms with Crippen molar-refractivity contribution in [2.24, 2.45) is 0 Å². The Morgan fingerprint density at radius 1 is 1.53 bits per heavy atom. The summed E-state index contributed by atoms with van der Waals surface area (Å²) in [4.78, 5) is 0. The highest BCUT2D eigenvalue weighted by molar-refractivity contribution is 5.89. The second kappa shape index (κ2) is 3.55. The summed E-state index contributed by atoms with van der Waals surface area (Å²) >= 11 is 0. The molecule has 1 aromatic carbocycles. The molecular formula is C11H13N4. The van der Waals surface area contributed by atoms with E-state index in [1.807, 2.05) is 18.2 Å². The van der Waals surface area contributed by atoms with Gasteiger partial charge >= 0.3 is 0 Å². The van der Waals surface area contributed by atoms with Crippen LogP contribution in [0.2, 0.25) is 0 Å². The van der Waals surface area contributed by atoms with Gasteiger partial charge in [0.1, 0.15) is 0 Å². The fraction of sp³-hybridized carbons (Fsp3) is 0.364. The predicted octanol–water partition coefficient (Wildman–Crippen LogP) is 1.14. The number of nitrogens with one attached hydrogen (secondary N) is 3. The molecule has 1 radical (unpaired) electrons. The average molecular weight is 201 g/mol. The molecule has 1 fully saturated rings. The van der Waals surface area contributed by atoms with Gasteiger partial charge in [0, 0.05) is 18.0 Å². The maximum absolute atomic E-state index is 4.27. The van der Waals surface area contributed by atoms with E-state index in [2.05, 4.69) is 26.9 Å². The van der Waals surface area contributed by atoms with Crippen molar-refractivity contribution in [2.45, 2.75) is 12.5 Å². The van der Waals surface area contributed by atoms with Crippen LogP contribution < -0.4 is 10.6 Å². The van der Waals surface area contributed by atoms with Crippen molar-refractivity contribution in [3.8, 4) is 0 Å². The van der Waals surface area contributed by atoms with Gasteiger partial charge in [-0.05, 0) is 31.2 Å². The Labute approximate surface area is 88.1 Å². The van der Waals surface area contributed by atoms with Crippen molar-refractivity contribution >= 4 is 16.7 Å². The summed E-state index contributed by atoms with van der Waals surface area (Å²) in [6, 6.07) is 9.41. The smallest absolute Gasteiger partial charge is 0.156 e. The molecule has 2 aromatic rings. The van der Waals surface area contributed by atoms with E-state index in [1.165, 1.54) is 0 Å². The van der Waals surface area contributed by atoms with E-state index < -0.39 is 0 Å². The first-order valence-electron chi connectivity index (χ1n) is 5.25. The summed E-state index contributed by atoms with van der Waals surface area (Å²) in [5, 5.41) is 15.2. The lowest BCUT2D eigenvalue weighted by Gasteiger charge is -2.09. The van der Waals surface area contributed by atoms with Crippen molar-refractivity contribution in [3.05, 3.63) is 24.3 Å². The van der Waals surface area contributed by atoms with Crippen LogP contribution in [0, 0.1) is 6.07 Å². The number of benzene rings is 1. The molecule has 77 valence electrons. The third-order valence-electron chi connectivity index (χ3n) is 2.81. The Morgan fingerprint density at radius 3 is 3.40 bits per heavy atom. The summed E-state index contributed by atoms with van der Waals surface area (Å²) in [5.41, 5.74) is 1.06. The molecule has 0 spiro atoms. The molecule has 1 aliphatic rings. The molecule has 4 nitrogen and oxygen atoms in total. The molecule has 1 aliphatic heterocycles. The highest BCUT2D eigenvalue weighted by Crippen LogP contribution is 2.20. The molecule has 1 aromatic heterocycles. The minimum absolute atomic E-state index is 0.497. The van der Waals surface area contributed by atoms with E-state index in [0.717, 1.165) is 36.2 Å². The maximum atomic E-state index is 4.27. The van der Waals surface area contributed by atoms with Gasteiger partial charge < -0.3 is 10.6 Å². The van der Waals surface area contributed by atoms with Crippen LogP contribution >= 0.6 is 0 Å². The highest BCUT2D eigenvalue weighted by atomic mass is 15.2. The number of nitrogens with zero attached hydrogens (tertiary/aromatic N) is 1. The van der Waals surface area contributed by atoms with Crippen molar-refractivity contribution < 1.29 is 0 Å². The van der Waals surface area contributed by atoms with Crippen LogP contribution in [0.1, 0.15) is 6.42 Å². The van der Waals surface area contributed by atoms with Gasteiger partial charge in [-0.3, -0.25) is 5.10 Å². The molecule has 1 saturated heterocycles. The fourth-order valence-electron chi connectivity index (χ4n) is 1.98. The predicted molar refractivity (Wildman–Crippen MR) is 59.8 cm³/mol. The normalized spacial score (nSPS) is 20.9. The maximum Gasteiger partial charge on any atom is 0.156 e. The van der Waals surface area contributed by atoms with Gasteiger partial charge in [-0.25, -0.2) is 0 Å². The number of hydrogen-bond acceptors (Lipinski definition) is 3. The molecule has 0 aliphatic carbocycles. The topological polar surface area (TPSA) is 52.7 Å². The van der Waals surface area contributed by atoms with Crippen LogP contribution in [-0.4, -0.2) is 29.3 Å². The SMILES string of the molecule is [c]1ccc2[nH]nc(NC3CCNC3)c2c1. The Bertz CT molecular complexity index is 456. The highest BCUT2D eigenvalue weighted by Gasteiger charge is 2.15. The second-order valence-electron chi connectivity index (χ2n) is 3.88. The Morgan fingerprint density at radius 2 is 2.53 bits per heavy atom. The van der Waals surface area contributed by atoms with Gasteiger partial charge in [0.15, 0.2) is 5.82 Å². The largest absolute Gasteiger partial charge is 0.364 e. The minimum atomic E-state index is 0.497. The molecule has 3 rings (SSSR count). The van der Waals surface area contributed by atoms with E-state index in [-0.39, 0.29) is 0 Å². The van der Waals surface area contributed by atoms with Crippen LogP contribution in [0.4, 0.5) is 5.82 Å². The lowest BCUT2D eigenvalue weighted by Crippen LogP contribution is -2.22. The minimum Gasteiger partial charge on any atom is -0.364 e. The molecule has 2 heterocycles. The van der Waals surface area contributed by atoms with Gasteiger partial charge in [-0.1, -0.05) is 6.07 Å². The first kappa shape index (κ1) is 8.73. The molecule has 0 saturated carbocycles. The number of aromatic amines is 1. The van der Waals surface area contributed by atoms with Crippen molar-refractivity contribution in [1.29, 1.82) is 0 Å². The molecule has 3 N–H and O–H groups in total. The summed E-state index contributed by atoms with van der Waals surface area (Å²) < 4.78 is 0. The number of hydrogen-bond donors (Lipinski definition) is 3. The number of aromatic nitrogens is 2. The van der Waals surface area contributed by atoms with Gasteiger partial charge in [-0.15, -0.1) is 0 Å². The van der Waals surface area contributed by atoms with E-state index in [0.29, 0.717) is 6.04 Å². The average Bonchev–Trinajstić information content (AvgIpc) is 2.89. The number of rotatable bonds is 2. The van der Waals surface area contributed by atoms with Crippen LogP contribution in [0.25, 0.3) is 10.9 Å². The Kier molecular flexibility index (Phi) is 2.07. The molecule has 4 heteroatoms. The van der Waals surface area contributed by atoms with Crippen LogP contribution in [0.15, 0.2) is 18.2 Å². The molecule has 1 atom stereocenters. The summed E-state index contributed by atoms with van der Waals surface area (Å²) in [6.45, 7) is 2.11. The zero-order valence-electron chi connectivity index (χ0n) is 8.38. The van der Waals surface area contributed by atoms with Crippen LogP contribution in [-0.2, 0) is 0 Å². The monoisotopic (exact) mass is 201 g/mol. The molecule has 0 bridgehead atoms. The number of anilines is 1. The lowest BCUT2D eigenvalue weighted by atomic mass is 10.2. The number of H-pyrrole nitrogens is 1. The molecule has 15 heavy (non-hydrogen) atoms. The zero-order chi connectivity index (χ0) is 10.1. The van der Waals surface area contributed by atoms with E-state index in [4.69, 9.17) is 0 Å². The molecule has 1 unspecified atom stereocenters. The van der Waals surface area contributed by atoms with Crippen LogP contribution in [0.5, 0.6) is 0 Å². The third kappa shape index (κ3) is 1.57. The third-order valence-corrected chi connectivity index (χ3v) is 2.81. The van der Waals surface area contributed by atoms with Gasteiger partial charge in [0.05, 0.1) is 5.52 Å². The summed E-state index contributed by atoms with van der Waals surface area (Å²) in [7, 11) is 0. The van der Waals surface area contributed by atoms with E-state index >= 15 is 0 Å². The standard InChI is InChI=1S/C11H13N4/c1-2-4-10-9(3-1)11(15-14-10)13-8-5-6-12-7-8/h2-4,8,12H,5-7H2,(H2,13,14,15). The van der Waals surface area contributed by atoms with Crippen molar-refractivity contribution in [2.75, 3.05) is 18.4 Å². The lowest BCUT2D eigenvalue weighted by molar-refractivity contribution is 0.787. The fourth-order valence-corrected chi connectivity index (χ4v) is 1.98. The Balaban J connectivity index is 1.90. The van der Waals surface area contributed by atoms with E-state index in [9.17, 15) is 0 Å². The van der Waals surface area contributed by atoms with E-state index in [1.54, 1.807) is 0 Å². The van der Waals surface area contributed by atoms with Gasteiger partial charge in [0.2, 0.25) is 0 Å². The number of fused-ring (bicyclic) bond motifs is 1. The first-order chi connectivity index (χ1) is 7.43. The zero-order valence-corrected chi connectivity index (χ0v) is 8.38. The summed E-state index contributed by atoms with van der Waals surface area (Å²) in [6.07, 6.45) is 1.16. The Hall–Kier alpha value is -1.55. The van der Waals surface area contributed by atoms with Gasteiger partial charge in [0.25, 0.3) is 0 Å². The van der Waals surface area contributed by atoms with Crippen LogP contribution in [0.3, 0.4) is 0 Å².